The zero-order valence-electron chi connectivity index (χ0n) is 14.5. The van der Waals surface area contributed by atoms with Crippen LogP contribution in [0.4, 0.5) is 16.2 Å². The number of hydrogen-bond donors (Lipinski definition) is 3. The number of rotatable bonds is 6. The van der Waals surface area contributed by atoms with Crippen LogP contribution in [0.3, 0.4) is 0 Å². The second-order valence-electron chi connectivity index (χ2n) is 5.82. The molecule has 27 heavy (non-hydrogen) atoms. The minimum atomic E-state index is -1.13. The fraction of sp³-hybridized carbons (Fsp3) is 0.0476. The summed E-state index contributed by atoms with van der Waals surface area (Å²) >= 11 is 0. The highest BCUT2D eigenvalue weighted by molar-refractivity contribution is 6.03. The van der Waals surface area contributed by atoms with Crippen LogP contribution < -0.4 is 15.8 Å². The number of hydrazine groups is 1. The van der Waals surface area contributed by atoms with Crippen molar-refractivity contribution >= 4 is 23.4 Å². The van der Waals surface area contributed by atoms with Gasteiger partial charge in [0.1, 0.15) is 0 Å². The predicted molar refractivity (Wildman–Crippen MR) is 105 cm³/mol. The molecule has 0 aromatic heterocycles. The number of amides is 2. The molecule has 6 heteroatoms. The number of para-hydroxylation sites is 2. The highest BCUT2D eigenvalue weighted by Crippen LogP contribution is 2.23. The van der Waals surface area contributed by atoms with Gasteiger partial charge in [-0.2, -0.15) is 0 Å². The molecule has 0 fully saturated rings. The molecule has 0 aliphatic heterocycles. The van der Waals surface area contributed by atoms with E-state index in [0.717, 1.165) is 16.2 Å². The van der Waals surface area contributed by atoms with E-state index in [0.29, 0.717) is 5.69 Å². The molecule has 3 rings (SSSR count). The third-order valence-corrected chi connectivity index (χ3v) is 3.95. The van der Waals surface area contributed by atoms with Crippen LogP contribution >= 0.6 is 0 Å². The molecular formula is C21H19N3O3. The van der Waals surface area contributed by atoms with E-state index in [2.05, 4.69) is 10.9 Å². The summed E-state index contributed by atoms with van der Waals surface area (Å²) in [5.41, 5.74) is 7.57. The van der Waals surface area contributed by atoms with Gasteiger partial charge in [-0.15, -0.1) is 0 Å². The van der Waals surface area contributed by atoms with Crippen LogP contribution in [-0.2, 0) is 6.54 Å². The van der Waals surface area contributed by atoms with Gasteiger partial charge < -0.3 is 5.11 Å². The number of benzene rings is 3. The molecule has 0 atom stereocenters. The third kappa shape index (κ3) is 4.64. The van der Waals surface area contributed by atoms with Crippen LogP contribution in [0.2, 0.25) is 0 Å². The van der Waals surface area contributed by atoms with Crippen molar-refractivity contribution in [2.24, 2.45) is 0 Å². The summed E-state index contributed by atoms with van der Waals surface area (Å²) < 4.78 is 0. The summed E-state index contributed by atoms with van der Waals surface area (Å²) in [6, 6.07) is 25.0. The van der Waals surface area contributed by atoms with Crippen molar-refractivity contribution in [2.45, 2.75) is 6.54 Å². The molecule has 0 unspecified atom stereocenters. The predicted octanol–water partition coefficient (Wildman–Crippen LogP) is 4.13. The van der Waals surface area contributed by atoms with Crippen molar-refractivity contribution < 1.29 is 14.7 Å². The summed E-state index contributed by atoms with van der Waals surface area (Å²) in [5, 5.41) is 9.68. The van der Waals surface area contributed by atoms with E-state index in [9.17, 15) is 14.7 Å². The van der Waals surface area contributed by atoms with Gasteiger partial charge in [-0.1, -0.05) is 60.7 Å². The topological polar surface area (TPSA) is 81.7 Å². The second kappa shape index (κ2) is 8.53. The van der Waals surface area contributed by atoms with Crippen LogP contribution in [0.15, 0.2) is 84.9 Å². The average Bonchev–Trinajstić information content (AvgIpc) is 2.71. The van der Waals surface area contributed by atoms with E-state index in [-0.39, 0.29) is 12.1 Å². The van der Waals surface area contributed by atoms with Gasteiger partial charge in [0.2, 0.25) is 0 Å². The Kier molecular flexibility index (Phi) is 5.69. The van der Waals surface area contributed by atoms with E-state index >= 15 is 0 Å². The molecule has 3 aromatic carbocycles. The Morgan fingerprint density at radius 1 is 0.815 bits per heavy atom. The van der Waals surface area contributed by atoms with Gasteiger partial charge in [-0.05, 0) is 29.8 Å². The van der Waals surface area contributed by atoms with Crippen LogP contribution in [0, 0.1) is 0 Å². The van der Waals surface area contributed by atoms with Gasteiger partial charge in [0.05, 0.1) is 23.5 Å². The molecule has 0 bridgehead atoms. The van der Waals surface area contributed by atoms with E-state index in [1.807, 2.05) is 60.7 Å². The number of carbonyl (C=O) groups excluding carboxylic acids is 1. The van der Waals surface area contributed by atoms with Crippen molar-refractivity contribution in [1.29, 1.82) is 0 Å². The first-order valence-electron chi connectivity index (χ1n) is 8.40. The van der Waals surface area contributed by atoms with Crippen molar-refractivity contribution in [2.75, 3.05) is 10.3 Å². The van der Waals surface area contributed by atoms with Crippen LogP contribution in [-0.4, -0.2) is 17.1 Å². The maximum absolute atomic E-state index is 12.6. The zero-order chi connectivity index (χ0) is 19.1. The van der Waals surface area contributed by atoms with Crippen LogP contribution in [0.1, 0.15) is 15.9 Å². The summed E-state index contributed by atoms with van der Waals surface area (Å²) in [6.07, 6.45) is -1.13. The number of nitrogens with zero attached hydrogens (tertiary/aromatic N) is 1. The molecule has 0 aliphatic carbocycles. The summed E-state index contributed by atoms with van der Waals surface area (Å²) in [6.45, 7) is 0.145. The van der Waals surface area contributed by atoms with Gasteiger partial charge in [-0.25, -0.2) is 4.79 Å². The van der Waals surface area contributed by atoms with Gasteiger partial charge in [0.25, 0.3) is 5.91 Å². The van der Waals surface area contributed by atoms with Gasteiger partial charge >= 0.3 is 6.09 Å². The average molecular weight is 361 g/mol. The van der Waals surface area contributed by atoms with Gasteiger partial charge in [0, 0.05) is 0 Å². The molecule has 0 heterocycles. The lowest BCUT2D eigenvalue weighted by molar-refractivity contribution is 0.0963. The highest BCUT2D eigenvalue weighted by atomic mass is 16.4. The Morgan fingerprint density at radius 2 is 1.41 bits per heavy atom. The first kappa shape index (κ1) is 18.0. The lowest BCUT2D eigenvalue weighted by Crippen LogP contribution is -2.34. The summed E-state index contributed by atoms with van der Waals surface area (Å²) in [4.78, 5) is 25.6. The number of nitrogens with one attached hydrogen (secondary N) is 2. The largest absolute Gasteiger partial charge is 0.465 e. The fourth-order valence-electron chi connectivity index (χ4n) is 2.64. The van der Waals surface area contributed by atoms with Crippen molar-refractivity contribution in [3.63, 3.8) is 0 Å². The van der Waals surface area contributed by atoms with Gasteiger partial charge in [-0.3, -0.25) is 20.5 Å². The fourth-order valence-corrected chi connectivity index (χ4v) is 2.64. The van der Waals surface area contributed by atoms with Crippen molar-refractivity contribution in [3.8, 4) is 0 Å². The number of carboxylic acid groups (broad SMARTS) is 1. The molecule has 6 nitrogen and oxygen atoms in total. The monoisotopic (exact) mass is 361 g/mol. The van der Waals surface area contributed by atoms with E-state index in [1.54, 1.807) is 24.3 Å². The number of hydrogen-bond acceptors (Lipinski definition) is 3. The molecular weight excluding hydrogens is 342 g/mol. The SMILES string of the molecule is O=C(NNc1ccccc1)c1ccccc1N(Cc1ccccc1)C(=O)O. The normalized spacial score (nSPS) is 10.1. The van der Waals surface area contributed by atoms with E-state index in [1.165, 1.54) is 0 Å². The Hall–Kier alpha value is -3.80. The molecule has 0 spiro atoms. The maximum atomic E-state index is 12.6. The minimum absolute atomic E-state index is 0.145. The van der Waals surface area contributed by atoms with Crippen molar-refractivity contribution in [3.05, 3.63) is 96.1 Å². The zero-order valence-corrected chi connectivity index (χ0v) is 14.5. The molecule has 0 radical (unpaired) electrons. The lowest BCUT2D eigenvalue weighted by Gasteiger charge is -2.22. The second-order valence-corrected chi connectivity index (χ2v) is 5.82. The molecule has 0 aliphatic rings. The molecule has 136 valence electrons. The first-order chi connectivity index (χ1) is 13.1. The quantitative estimate of drug-likeness (QED) is 0.577. The number of anilines is 2. The Labute approximate surface area is 157 Å². The minimum Gasteiger partial charge on any atom is -0.465 e. The Balaban J connectivity index is 1.82. The van der Waals surface area contributed by atoms with E-state index in [4.69, 9.17) is 0 Å². The number of carbonyl (C=O) groups is 2. The Morgan fingerprint density at radius 3 is 2.07 bits per heavy atom. The molecule has 0 saturated heterocycles. The van der Waals surface area contributed by atoms with Crippen LogP contribution in [0.5, 0.6) is 0 Å². The standard InChI is InChI=1S/C21H19N3O3/c25-20(23-22-17-11-5-2-6-12-17)18-13-7-8-14-19(18)24(21(26)27)15-16-9-3-1-4-10-16/h1-14,22H,15H2,(H,23,25)(H,26,27). The summed E-state index contributed by atoms with van der Waals surface area (Å²) in [5.74, 6) is -0.422. The van der Waals surface area contributed by atoms with Crippen LogP contribution in [0.25, 0.3) is 0 Å². The molecule has 2 amide bonds. The molecule has 3 aromatic rings. The highest BCUT2D eigenvalue weighted by Gasteiger charge is 2.21. The van der Waals surface area contributed by atoms with Gasteiger partial charge in [0.15, 0.2) is 0 Å². The Bertz CT molecular complexity index is 914. The molecule has 0 saturated carbocycles. The smallest absolute Gasteiger partial charge is 0.412 e. The summed E-state index contributed by atoms with van der Waals surface area (Å²) in [7, 11) is 0. The maximum Gasteiger partial charge on any atom is 0.412 e. The third-order valence-electron chi connectivity index (χ3n) is 3.95. The molecule has 3 N–H and O–H groups in total. The van der Waals surface area contributed by atoms with E-state index < -0.39 is 12.0 Å². The lowest BCUT2D eigenvalue weighted by atomic mass is 10.1. The first-order valence-corrected chi connectivity index (χ1v) is 8.40. The van der Waals surface area contributed by atoms with Crippen molar-refractivity contribution in [1.82, 2.24) is 5.43 Å².